The summed E-state index contributed by atoms with van der Waals surface area (Å²) in [7, 11) is 0. The van der Waals surface area contributed by atoms with E-state index in [0.29, 0.717) is 11.1 Å². The minimum absolute atomic E-state index is 0.174. The molecule has 3 rings (SSSR count). The lowest BCUT2D eigenvalue weighted by atomic mass is 10.1. The molecule has 4 heteroatoms. The number of anilines is 1. The van der Waals surface area contributed by atoms with Crippen molar-refractivity contribution in [1.82, 2.24) is 4.98 Å². The van der Waals surface area contributed by atoms with Crippen LogP contribution in [0, 0.1) is 11.3 Å². The van der Waals surface area contributed by atoms with E-state index in [4.69, 9.17) is 5.26 Å². The molecule has 4 nitrogen and oxygen atoms in total. The Hall–Kier alpha value is -3.06. The summed E-state index contributed by atoms with van der Waals surface area (Å²) in [6.07, 6.45) is 1.66. The molecule has 0 fully saturated rings. The molecule has 96 valence electrons. The quantitative estimate of drug-likeness (QED) is 0.743. The number of nitriles is 1. The van der Waals surface area contributed by atoms with Crippen LogP contribution < -0.4 is 5.32 Å². The zero-order chi connectivity index (χ0) is 13.9. The second-order valence-electron chi connectivity index (χ2n) is 4.39. The highest BCUT2D eigenvalue weighted by atomic mass is 16.1. The van der Waals surface area contributed by atoms with Crippen LogP contribution in [0.15, 0.2) is 54.7 Å². The minimum atomic E-state index is -0.174. The van der Waals surface area contributed by atoms with Gasteiger partial charge in [-0.3, -0.25) is 4.79 Å². The van der Waals surface area contributed by atoms with E-state index < -0.39 is 0 Å². The Morgan fingerprint density at radius 3 is 2.70 bits per heavy atom. The number of benzene rings is 2. The minimum Gasteiger partial charge on any atom is -0.360 e. The number of rotatable bonds is 2. The molecule has 1 aromatic heterocycles. The van der Waals surface area contributed by atoms with Crippen LogP contribution in [0.4, 0.5) is 5.69 Å². The summed E-state index contributed by atoms with van der Waals surface area (Å²) in [5, 5.41) is 12.5. The van der Waals surface area contributed by atoms with E-state index in [0.717, 1.165) is 16.6 Å². The zero-order valence-corrected chi connectivity index (χ0v) is 10.6. The van der Waals surface area contributed by atoms with Gasteiger partial charge in [-0.05, 0) is 24.3 Å². The highest BCUT2D eigenvalue weighted by Crippen LogP contribution is 2.20. The van der Waals surface area contributed by atoms with Gasteiger partial charge in [0, 0.05) is 22.8 Å². The Bertz CT molecular complexity index is 813. The Morgan fingerprint density at radius 2 is 1.95 bits per heavy atom. The molecule has 2 N–H and O–H groups in total. The maximum atomic E-state index is 12.2. The average Bonchev–Trinajstić information content (AvgIpc) is 2.91. The lowest BCUT2D eigenvalue weighted by molar-refractivity contribution is 0.102. The second-order valence-corrected chi connectivity index (χ2v) is 4.39. The number of para-hydroxylation sites is 1. The van der Waals surface area contributed by atoms with Gasteiger partial charge >= 0.3 is 0 Å². The number of aromatic nitrogens is 1. The SMILES string of the molecule is N#Cc1ccc2c(C(=O)Nc3ccccc3)c[nH]c2c1. The van der Waals surface area contributed by atoms with E-state index in [-0.39, 0.29) is 5.91 Å². The molecule has 0 saturated carbocycles. The summed E-state index contributed by atoms with van der Waals surface area (Å²) in [6, 6.07) is 16.6. The fourth-order valence-electron chi connectivity index (χ4n) is 2.10. The number of nitrogens with one attached hydrogen (secondary N) is 2. The first-order chi connectivity index (χ1) is 9.78. The summed E-state index contributed by atoms with van der Waals surface area (Å²) in [6.45, 7) is 0. The molecular weight excluding hydrogens is 250 g/mol. The number of hydrogen-bond acceptors (Lipinski definition) is 2. The summed E-state index contributed by atoms with van der Waals surface area (Å²) >= 11 is 0. The van der Waals surface area contributed by atoms with Crippen molar-refractivity contribution >= 4 is 22.5 Å². The summed E-state index contributed by atoms with van der Waals surface area (Å²) < 4.78 is 0. The summed E-state index contributed by atoms with van der Waals surface area (Å²) in [5.74, 6) is -0.174. The maximum absolute atomic E-state index is 12.2. The molecule has 0 aliphatic carbocycles. The molecule has 0 aliphatic heterocycles. The number of nitrogens with zero attached hydrogens (tertiary/aromatic N) is 1. The number of H-pyrrole nitrogens is 1. The van der Waals surface area contributed by atoms with E-state index in [9.17, 15) is 4.79 Å². The average molecular weight is 261 g/mol. The van der Waals surface area contributed by atoms with Crippen molar-refractivity contribution in [3.63, 3.8) is 0 Å². The van der Waals surface area contributed by atoms with Gasteiger partial charge in [-0.1, -0.05) is 24.3 Å². The van der Waals surface area contributed by atoms with Gasteiger partial charge in [0.15, 0.2) is 0 Å². The summed E-state index contributed by atoms with van der Waals surface area (Å²) in [4.78, 5) is 15.3. The second kappa shape index (κ2) is 4.90. The van der Waals surface area contributed by atoms with Crippen LogP contribution in [-0.2, 0) is 0 Å². The van der Waals surface area contributed by atoms with Crippen molar-refractivity contribution in [3.8, 4) is 6.07 Å². The molecule has 2 aromatic carbocycles. The van der Waals surface area contributed by atoms with Gasteiger partial charge in [0.2, 0.25) is 0 Å². The third-order valence-electron chi connectivity index (χ3n) is 3.09. The molecule has 0 aliphatic rings. The van der Waals surface area contributed by atoms with Crippen LogP contribution in [0.5, 0.6) is 0 Å². The van der Waals surface area contributed by atoms with Crippen molar-refractivity contribution in [1.29, 1.82) is 5.26 Å². The molecule has 0 bridgehead atoms. The third kappa shape index (κ3) is 2.13. The van der Waals surface area contributed by atoms with Crippen molar-refractivity contribution in [3.05, 3.63) is 65.9 Å². The highest BCUT2D eigenvalue weighted by Gasteiger charge is 2.12. The van der Waals surface area contributed by atoms with E-state index in [1.165, 1.54) is 0 Å². The molecule has 0 radical (unpaired) electrons. The van der Waals surface area contributed by atoms with Crippen LogP contribution in [0.3, 0.4) is 0 Å². The lowest BCUT2D eigenvalue weighted by Gasteiger charge is -2.03. The fourth-order valence-corrected chi connectivity index (χ4v) is 2.10. The van der Waals surface area contributed by atoms with Crippen LogP contribution in [0.2, 0.25) is 0 Å². The molecule has 0 unspecified atom stereocenters. The number of carbonyl (C=O) groups excluding carboxylic acids is 1. The van der Waals surface area contributed by atoms with Crippen molar-refractivity contribution < 1.29 is 4.79 Å². The van der Waals surface area contributed by atoms with Gasteiger partial charge in [0.05, 0.1) is 17.2 Å². The molecule has 0 spiro atoms. The summed E-state index contributed by atoms with van der Waals surface area (Å²) in [5.41, 5.74) is 2.66. The van der Waals surface area contributed by atoms with Gasteiger partial charge in [-0.2, -0.15) is 5.26 Å². The van der Waals surface area contributed by atoms with Crippen molar-refractivity contribution in [2.75, 3.05) is 5.32 Å². The first-order valence-corrected chi connectivity index (χ1v) is 6.15. The fraction of sp³-hybridized carbons (Fsp3) is 0. The Morgan fingerprint density at radius 1 is 1.15 bits per heavy atom. The zero-order valence-electron chi connectivity index (χ0n) is 10.6. The topological polar surface area (TPSA) is 68.7 Å². The monoisotopic (exact) mass is 261 g/mol. The van der Waals surface area contributed by atoms with Crippen LogP contribution >= 0.6 is 0 Å². The first kappa shape index (κ1) is 12.0. The smallest absolute Gasteiger partial charge is 0.257 e. The molecular formula is C16H11N3O. The lowest BCUT2D eigenvalue weighted by Crippen LogP contribution is -2.11. The normalized spacial score (nSPS) is 10.2. The van der Waals surface area contributed by atoms with Crippen LogP contribution in [0.25, 0.3) is 10.9 Å². The standard InChI is InChI=1S/C16H11N3O/c17-9-11-6-7-13-14(10-18-15(13)8-11)16(20)19-12-4-2-1-3-5-12/h1-8,10,18H,(H,19,20). The number of amides is 1. The first-order valence-electron chi connectivity index (χ1n) is 6.15. The van der Waals surface area contributed by atoms with E-state index >= 15 is 0 Å². The van der Waals surface area contributed by atoms with Gasteiger partial charge in [0.1, 0.15) is 0 Å². The molecule has 20 heavy (non-hydrogen) atoms. The van der Waals surface area contributed by atoms with E-state index in [2.05, 4.69) is 16.4 Å². The van der Waals surface area contributed by atoms with E-state index in [1.54, 1.807) is 24.4 Å². The third-order valence-corrected chi connectivity index (χ3v) is 3.09. The van der Waals surface area contributed by atoms with Crippen molar-refractivity contribution in [2.24, 2.45) is 0 Å². The predicted octanol–water partition coefficient (Wildman–Crippen LogP) is 3.29. The van der Waals surface area contributed by atoms with Gasteiger partial charge in [0.25, 0.3) is 5.91 Å². The highest BCUT2D eigenvalue weighted by molar-refractivity contribution is 6.12. The van der Waals surface area contributed by atoms with Gasteiger partial charge in [-0.15, -0.1) is 0 Å². The van der Waals surface area contributed by atoms with Gasteiger partial charge < -0.3 is 10.3 Å². The van der Waals surface area contributed by atoms with Gasteiger partial charge in [-0.25, -0.2) is 0 Å². The number of aromatic amines is 1. The van der Waals surface area contributed by atoms with Crippen LogP contribution in [0.1, 0.15) is 15.9 Å². The molecule has 0 saturated heterocycles. The van der Waals surface area contributed by atoms with Crippen molar-refractivity contribution in [2.45, 2.75) is 0 Å². The number of carbonyl (C=O) groups is 1. The largest absolute Gasteiger partial charge is 0.360 e. The number of hydrogen-bond donors (Lipinski definition) is 2. The number of fused-ring (bicyclic) bond motifs is 1. The Kier molecular flexibility index (Phi) is 2.94. The molecule has 1 amide bonds. The van der Waals surface area contributed by atoms with Crippen LogP contribution in [-0.4, -0.2) is 10.9 Å². The Balaban J connectivity index is 1.94. The Labute approximate surface area is 115 Å². The molecule has 0 atom stereocenters. The predicted molar refractivity (Wildman–Crippen MR) is 77.4 cm³/mol. The maximum Gasteiger partial charge on any atom is 0.257 e. The molecule has 1 heterocycles. The molecule has 3 aromatic rings. The van der Waals surface area contributed by atoms with E-state index in [1.807, 2.05) is 30.3 Å².